The summed E-state index contributed by atoms with van der Waals surface area (Å²) in [5.74, 6) is -0.307. The van der Waals surface area contributed by atoms with Crippen molar-refractivity contribution in [3.8, 4) is 11.1 Å². The van der Waals surface area contributed by atoms with Gasteiger partial charge in [-0.1, -0.05) is 60.7 Å². The van der Waals surface area contributed by atoms with Crippen molar-refractivity contribution in [2.75, 3.05) is 31.3 Å². The molecule has 4 aromatic carbocycles. The minimum Gasteiger partial charge on any atom is -0.444 e. The molecule has 0 spiro atoms. The third-order valence-corrected chi connectivity index (χ3v) is 7.69. The highest BCUT2D eigenvalue weighted by Crippen LogP contribution is 2.28. The van der Waals surface area contributed by atoms with Crippen molar-refractivity contribution in [2.45, 2.75) is 46.4 Å². The van der Waals surface area contributed by atoms with Crippen molar-refractivity contribution in [2.24, 2.45) is 0 Å². The fraction of sp³-hybridized carbons (Fsp3) is 0.289. The Hall–Kier alpha value is -4.99. The Morgan fingerprint density at radius 3 is 2.09 bits per heavy atom. The molecule has 5 rings (SSSR count). The van der Waals surface area contributed by atoms with Gasteiger partial charge in [0.2, 0.25) is 0 Å². The topological polar surface area (TPSA) is 100 Å². The summed E-state index contributed by atoms with van der Waals surface area (Å²) in [6.07, 6.45) is -0.477. The third kappa shape index (κ3) is 9.06. The number of hydrogen-bond acceptors (Lipinski definition) is 6. The van der Waals surface area contributed by atoms with Crippen LogP contribution in [0.2, 0.25) is 0 Å². The van der Waals surface area contributed by atoms with Gasteiger partial charge in [-0.2, -0.15) is 0 Å². The molecule has 0 radical (unpaired) electrons. The number of carbonyl (C=O) groups excluding carboxylic acids is 3. The Morgan fingerprint density at radius 1 is 0.787 bits per heavy atom. The predicted molar refractivity (Wildman–Crippen MR) is 183 cm³/mol. The molecule has 244 valence electrons. The van der Waals surface area contributed by atoms with Crippen LogP contribution in [0.5, 0.6) is 0 Å². The van der Waals surface area contributed by atoms with Gasteiger partial charge in [0.1, 0.15) is 5.60 Å². The van der Waals surface area contributed by atoms with Crippen LogP contribution in [0.25, 0.3) is 11.1 Å². The molecule has 1 fully saturated rings. The normalized spacial score (nSPS) is 13.4. The summed E-state index contributed by atoms with van der Waals surface area (Å²) in [7, 11) is 0. The van der Waals surface area contributed by atoms with Crippen LogP contribution in [0, 0.1) is 6.92 Å². The van der Waals surface area contributed by atoms with Gasteiger partial charge in [-0.15, -0.1) is 0 Å². The van der Waals surface area contributed by atoms with Crippen molar-refractivity contribution in [3.63, 3.8) is 0 Å². The molecule has 0 unspecified atom stereocenters. The molecule has 0 aromatic heterocycles. The molecule has 3 amide bonds. The standard InChI is InChI=1S/C38H42N4O5/c1-27-13-14-32(36(44)42(33-11-6-5-7-12-33)41-19-21-46-22-20-41)24-34(27)30-15-17-31(18-16-30)35(43)39-25-28-9-8-10-29(23-28)26-40-37(45)47-38(2,3)4/h5-18,23-24H,19-22,25-26H2,1-4H3,(H,39,43)(H,40,45). The third-order valence-electron chi connectivity index (χ3n) is 7.69. The SMILES string of the molecule is Cc1ccc(C(=O)N(c2ccccc2)N2CCOCC2)cc1-c1ccc(C(=O)NCc2cccc(CNC(=O)OC(C)(C)C)c2)cc1. The van der Waals surface area contributed by atoms with Crippen molar-refractivity contribution in [1.29, 1.82) is 0 Å². The van der Waals surface area contributed by atoms with Crippen LogP contribution in [-0.2, 0) is 22.6 Å². The van der Waals surface area contributed by atoms with Crippen LogP contribution in [0.4, 0.5) is 10.5 Å². The van der Waals surface area contributed by atoms with Crippen molar-refractivity contribution in [1.82, 2.24) is 15.6 Å². The predicted octanol–water partition coefficient (Wildman–Crippen LogP) is 6.51. The lowest BCUT2D eigenvalue weighted by atomic mass is 9.96. The second kappa shape index (κ2) is 15.1. The summed E-state index contributed by atoms with van der Waals surface area (Å²) in [5.41, 5.74) is 6.03. The van der Waals surface area contributed by atoms with Crippen LogP contribution >= 0.6 is 0 Å². The number of alkyl carbamates (subject to hydrolysis) is 1. The minimum absolute atomic E-state index is 0.111. The highest BCUT2D eigenvalue weighted by molar-refractivity contribution is 6.06. The maximum atomic E-state index is 14.0. The first kappa shape index (κ1) is 33.4. The Balaban J connectivity index is 1.24. The maximum absolute atomic E-state index is 14.0. The van der Waals surface area contributed by atoms with Crippen molar-refractivity contribution < 1.29 is 23.9 Å². The van der Waals surface area contributed by atoms with E-state index in [9.17, 15) is 14.4 Å². The number of para-hydroxylation sites is 1. The van der Waals surface area contributed by atoms with Crippen LogP contribution in [-0.4, -0.2) is 54.8 Å². The molecule has 1 saturated heterocycles. The Bertz CT molecular complexity index is 1690. The van der Waals surface area contributed by atoms with Crippen LogP contribution in [0.15, 0.2) is 97.1 Å². The second-order valence-corrected chi connectivity index (χ2v) is 12.5. The molecular formula is C38H42N4O5. The van der Waals surface area contributed by atoms with Gasteiger partial charge < -0.3 is 20.1 Å². The Morgan fingerprint density at radius 2 is 1.43 bits per heavy atom. The monoisotopic (exact) mass is 634 g/mol. The molecule has 1 heterocycles. The van der Waals surface area contributed by atoms with E-state index in [2.05, 4.69) is 10.6 Å². The molecule has 47 heavy (non-hydrogen) atoms. The minimum atomic E-state index is -0.566. The molecule has 0 aliphatic carbocycles. The zero-order chi connectivity index (χ0) is 33.4. The smallest absolute Gasteiger partial charge is 0.407 e. The van der Waals surface area contributed by atoms with Gasteiger partial charge in [0, 0.05) is 37.3 Å². The zero-order valence-electron chi connectivity index (χ0n) is 27.4. The number of ether oxygens (including phenoxy) is 2. The first-order chi connectivity index (χ1) is 22.6. The molecular weight excluding hydrogens is 592 g/mol. The number of hydrazine groups is 1. The van der Waals surface area contributed by atoms with E-state index in [4.69, 9.17) is 9.47 Å². The molecule has 4 aromatic rings. The van der Waals surface area contributed by atoms with E-state index in [0.717, 1.165) is 33.5 Å². The number of hydrogen-bond donors (Lipinski definition) is 2. The molecule has 2 N–H and O–H groups in total. The van der Waals surface area contributed by atoms with Gasteiger partial charge in [-0.3, -0.25) is 9.59 Å². The lowest BCUT2D eigenvalue weighted by Gasteiger charge is -2.37. The van der Waals surface area contributed by atoms with Gasteiger partial charge in [-0.05, 0) is 91.9 Å². The number of aryl methyl sites for hydroxylation is 1. The fourth-order valence-electron chi connectivity index (χ4n) is 5.34. The summed E-state index contributed by atoms with van der Waals surface area (Å²) in [4.78, 5) is 39.0. The average Bonchev–Trinajstić information content (AvgIpc) is 3.07. The number of carbonyl (C=O) groups is 3. The van der Waals surface area contributed by atoms with Gasteiger partial charge in [0.05, 0.1) is 18.9 Å². The second-order valence-electron chi connectivity index (χ2n) is 12.5. The summed E-state index contributed by atoms with van der Waals surface area (Å²) in [6, 6.07) is 30.5. The molecule has 1 aliphatic heterocycles. The molecule has 9 nitrogen and oxygen atoms in total. The van der Waals surface area contributed by atoms with E-state index in [-0.39, 0.29) is 11.8 Å². The molecule has 0 saturated carbocycles. The number of anilines is 1. The van der Waals surface area contributed by atoms with E-state index >= 15 is 0 Å². The first-order valence-electron chi connectivity index (χ1n) is 15.8. The van der Waals surface area contributed by atoms with E-state index in [0.29, 0.717) is 50.5 Å². The number of amides is 3. The quantitative estimate of drug-likeness (QED) is 0.218. The number of benzene rings is 4. The summed E-state index contributed by atoms with van der Waals surface area (Å²) >= 11 is 0. The lowest BCUT2D eigenvalue weighted by Crippen LogP contribution is -2.52. The summed E-state index contributed by atoms with van der Waals surface area (Å²) < 4.78 is 10.8. The summed E-state index contributed by atoms with van der Waals surface area (Å²) in [5, 5.41) is 9.52. The fourth-order valence-corrected chi connectivity index (χ4v) is 5.34. The number of nitrogens with one attached hydrogen (secondary N) is 2. The van der Waals surface area contributed by atoms with Gasteiger partial charge >= 0.3 is 6.09 Å². The van der Waals surface area contributed by atoms with E-state index in [1.54, 1.807) is 17.1 Å². The van der Waals surface area contributed by atoms with Crippen molar-refractivity contribution >= 4 is 23.6 Å². The van der Waals surface area contributed by atoms with Crippen LogP contribution in [0.3, 0.4) is 0 Å². The van der Waals surface area contributed by atoms with Crippen molar-refractivity contribution in [3.05, 3.63) is 125 Å². The molecule has 0 bridgehead atoms. The van der Waals surface area contributed by atoms with E-state index in [1.807, 2.05) is 118 Å². The lowest BCUT2D eigenvalue weighted by molar-refractivity contribution is 0.0300. The van der Waals surface area contributed by atoms with Crippen LogP contribution < -0.4 is 15.6 Å². The number of nitrogens with zero attached hydrogens (tertiary/aromatic N) is 2. The Labute approximate surface area is 276 Å². The zero-order valence-corrected chi connectivity index (χ0v) is 27.4. The van der Waals surface area contributed by atoms with Crippen LogP contribution in [0.1, 0.15) is 58.2 Å². The average molecular weight is 635 g/mol. The summed E-state index contributed by atoms with van der Waals surface area (Å²) in [6.45, 7) is 10.5. The highest BCUT2D eigenvalue weighted by atomic mass is 16.6. The molecule has 1 aliphatic rings. The van der Waals surface area contributed by atoms with Gasteiger partial charge in [-0.25, -0.2) is 14.8 Å². The van der Waals surface area contributed by atoms with E-state index in [1.165, 1.54) is 0 Å². The maximum Gasteiger partial charge on any atom is 0.407 e. The van der Waals surface area contributed by atoms with E-state index < -0.39 is 11.7 Å². The highest BCUT2D eigenvalue weighted by Gasteiger charge is 2.26. The number of morpholine rings is 1. The van der Waals surface area contributed by atoms with Gasteiger partial charge in [0.15, 0.2) is 0 Å². The Kier molecular flexibility index (Phi) is 10.7. The number of rotatable bonds is 9. The largest absolute Gasteiger partial charge is 0.444 e. The molecule has 9 heteroatoms. The van der Waals surface area contributed by atoms with Gasteiger partial charge in [0.25, 0.3) is 11.8 Å². The first-order valence-corrected chi connectivity index (χ1v) is 15.8. The molecule has 0 atom stereocenters.